The maximum Gasteiger partial charge on any atom is 0.244 e. The molecule has 0 fully saturated rings. The molecule has 0 atom stereocenters. The summed E-state index contributed by atoms with van der Waals surface area (Å²) in [6.45, 7) is 2.66. The first kappa shape index (κ1) is 15.9. The van der Waals surface area contributed by atoms with Crippen LogP contribution in [0.1, 0.15) is 19.2 Å². The number of pyridine rings is 1. The van der Waals surface area contributed by atoms with Crippen LogP contribution in [0.15, 0.2) is 28.0 Å². The fourth-order valence-electron chi connectivity index (χ4n) is 1.56. The summed E-state index contributed by atoms with van der Waals surface area (Å²) in [5.41, 5.74) is 0. The van der Waals surface area contributed by atoms with E-state index in [1.165, 1.54) is 12.4 Å². The van der Waals surface area contributed by atoms with Crippen molar-refractivity contribution in [3.8, 4) is 0 Å². The van der Waals surface area contributed by atoms with Gasteiger partial charge in [0.1, 0.15) is 22.9 Å². The van der Waals surface area contributed by atoms with E-state index in [9.17, 15) is 8.42 Å². The van der Waals surface area contributed by atoms with Crippen molar-refractivity contribution in [3.63, 3.8) is 0 Å². The van der Waals surface area contributed by atoms with Crippen molar-refractivity contribution in [1.82, 2.24) is 24.9 Å². The molecule has 2 heterocycles. The summed E-state index contributed by atoms with van der Waals surface area (Å²) in [4.78, 5) is 8.07. The van der Waals surface area contributed by atoms with Gasteiger partial charge in [0.2, 0.25) is 10.0 Å². The summed E-state index contributed by atoms with van der Waals surface area (Å²) >= 11 is 3.24. The second-order valence-corrected chi connectivity index (χ2v) is 6.83. The van der Waals surface area contributed by atoms with E-state index in [4.69, 9.17) is 0 Å². The van der Waals surface area contributed by atoms with Gasteiger partial charge in [-0.3, -0.25) is 5.10 Å². The number of hydrogen-bond acceptors (Lipinski definition) is 6. The molecule has 3 N–H and O–H groups in total. The Labute approximate surface area is 131 Å². The molecule has 0 unspecified atom stereocenters. The number of anilines is 1. The highest BCUT2D eigenvalue weighted by Gasteiger charge is 2.20. The average Bonchev–Trinajstić information content (AvgIpc) is 2.97. The van der Waals surface area contributed by atoms with E-state index in [1.54, 1.807) is 6.20 Å². The number of sulfonamides is 1. The molecule has 0 spiro atoms. The van der Waals surface area contributed by atoms with Gasteiger partial charge in [-0.05, 0) is 28.4 Å². The zero-order chi connectivity index (χ0) is 15.3. The summed E-state index contributed by atoms with van der Waals surface area (Å²) in [6.07, 6.45) is 3.73. The lowest BCUT2D eigenvalue weighted by Crippen LogP contribution is -2.25. The van der Waals surface area contributed by atoms with Crippen LogP contribution in [-0.4, -0.2) is 35.1 Å². The van der Waals surface area contributed by atoms with E-state index in [0.717, 1.165) is 6.42 Å². The fraction of sp³-hybridized carbons (Fsp3) is 0.364. The van der Waals surface area contributed by atoms with Gasteiger partial charge in [-0.15, -0.1) is 0 Å². The molecule has 0 radical (unpaired) electrons. The van der Waals surface area contributed by atoms with Crippen LogP contribution in [0.4, 0.5) is 5.82 Å². The van der Waals surface area contributed by atoms with Crippen molar-refractivity contribution in [1.29, 1.82) is 0 Å². The highest BCUT2D eigenvalue weighted by atomic mass is 79.9. The third kappa shape index (κ3) is 4.22. The van der Waals surface area contributed by atoms with Crippen LogP contribution in [0, 0.1) is 0 Å². The lowest BCUT2D eigenvalue weighted by molar-refractivity contribution is 0.579. The van der Waals surface area contributed by atoms with Gasteiger partial charge in [0, 0.05) is 17.2 Å². The highest BCUT2D eigenvalue weighted by Crippen LogP contribution is 2.22. The van der Waals surface area contributed by atoms with Crippen molar-refractivity contribution in [2.45, 2.75) is 24.8 Å². The minimum Gasteiger partial charge on any atom is -0.369 e. The summed E-state index contributed by atoms with van der Waals surface area (Å²) in [6, 6.07) is 1.51. The molecular weight excluding hydrogens is 360 g/mol. The van der Waals surface area contributed by atoms with Crippen molar-refractivity contribution >= 4 is 31.8 Å². The minimum atomic E-state index is -3.71. The van der Waals surface area contributed by atoms with Gasteiger partial charge in [0.25, 0.3) is 0 Å². The van der Waals surface area contributed by atoms with E-state index in [1.807, 2.05) is 6.92 Å². The predicted octanol–water partition coefficient (Wildman–Crippen LogP) is 1.26. The van der Waals surface area contributed by atoms with Crippen LogP contribution in [-0.2, 0) is 16.6 Å². The number of nitrogens with one attached hydrogen (secondary N) is 3. The zero-order valence-electron chi connectivity index (χ0n) is 11.3. The quantitative estimate of drug-likeness (QED) is 0.672. The van der Waals surface area contributed by atoms with Crippen molar-refractivity contribution in [2.75, 3.05) is 11.9 Å². The molecule has 0 amide bonds. The third-order valence-corrected chi connectivity index (χ3v) is 4.39. The molecular formula is C11H15BrN6O2S. The van der Waals surface area contributed by atoms with Crippen LogP contribution < -0.4 is 10.0 Å². The van der Waals surface area contributed by atoms with E-state index in [-0.39, 0.29) is 11.4 Å². The number of rotatable bonds is 7. The molecule has 10 heteroatoms. The Morgan fingerprint density at radius 3 is 2.86 bits per heavy atom. The SMILES string of the molecule is CCCNc1ncc(Br)cc1S(=O)(=O)NCc1ncn[nH]1. The van der Waals surface area contributed by atoms with Gasteiger partial charge in [0.15, 0.2) is 0 Å². The number of aromatic amines is 1. The third-order valence-electron chi connectivity index (χ3n) is 2.55. The van der Waals surface area contributed by atoms with Gasteiger partial charge < -0.3 is 5.32 Å². The molecule has 114 valence electrons. The number of halogens is 1. The summed E-state index contributed by atoms with van der Waals surface area (Å²) in [7, 11) is -3.71. The van der Waals surface area contributed by atoms with Gasteiger partial charge in [-0.1, -0.05) is 6.92 Å². The standard InChI is InChI=1S/C11H15BrN6O2S/c1-2-3-13-11-9(4-8(12)5-14-11)21(19,20)17-6-10-15-7-16-18-10/h4-5,7,17H,2-3,6H2,1H3,(H,13,14)(H,15,16,18). The summed E-state index contributed by atoms with van der Waals surface area (Å²) < 4.78 is 27.8. The zero-order valence-corrected chi connectivity index (χ0v) is 13.7. The Balaban J connectivity index is 2.23. The van der Waals surface area contributed by atoms with Crippen LogP contribution in [0.2, 0.25) is 0 Å². The lowest BCUT2D eigenvalue weighted by atomic mass is 10.4. The Kier molecular flexibility index (Phi) is 5.26. The van der Waals surface area contributed by atoms with Crippen molar-refractivity contribution < 1.29 is 8.42 Å². The van der Waals surface area contributed by atoms with Gasteiger partial charge in [-0.2, -0.15) is 5.10 Å². The lowest BCUT2D eigenvalue weighted by Gasteiger charge is -2.11. The maximum absolute atomic E-state index is 12.4. The number of nitrogens with zero attached hydrogens (tertiary/aromatic N) is 3. The van der Waals surface area contributed by atoms with E-state index in [2.05, 4.69) is 46.1 Å². The molecule has 0 saturated heterocycles. The average molecular weight is 375 g/mol. The fourth-order valence-corrected chi connectivity index (χ4v) is 3.19. The van der Waals surface area contributed by atoms with Crippen molar-refractivity contribution in [3.05, 3.63) is 28.9 Å². The van der Waals surface area contributed by atoms with Gasteiger partial charge in [-0.25, -0.2) is 23.1 Å². The first-order valence-electron chi connectivity index (χ1n) is 6.26. The van der Waals surface area contributed by atoms with Crippen LogP contribution in [0.5, 0.6) is 0 Å². The Morgan fingerprint density at radius 1 is 1.38 bits per heavy atom. The molecule has 8 nitrogen and oxygen atoms in total. The normalized spacial score (nSPS) is 11.5. The summed E-state index contributed by atoms with van der Waals surface area (Å²) in [5, 5.41) is 9.26. The van der Waals surface area contributed by atoms with Crippen molar-refractivity contribution in [2.24, 2.45) is 0 Å². The largest absolute Gasteiger partial charge is 0.369 e. The second-order valence-electron chi connectivity index (χ2n) is 4.18. The van der Waals surface area contributed by atoms with E-state index < -0.39 is 10.0 Å². The Bertz CT molecular complexity index is 689. The smallest absolute Gasteiger partial charge is 0.244 e. The molecule has 0 aliphatic heterocycles. The molecule has 21 heavy (non-hydrogen) atoms. The molecule has 2 aromatic rings. The van der Waals surface area contributed by atoms with Gasteiger partial charge >= 0.3 is 0 Å². The number of aromatic nitrogens is 4. The number of hydrogen-bond donors (Lipinski definition) is 3. The van der Waals surface area contributed by atoms with Crippen LogP contribution in [0.3, 0.4) is 0 Å². The first-order chi connectivity index (χ1) is 10.0. The monoisotopic (exact) mass is 374 g/mol. The molecule has 0 bridgehead atoms. The number of H-pyrrole nitrogens is 1. The predicted molar refractivity (Wildman–Crippen MR) is 81.1 cm³/mol. The molecule has 0 saturated carbocycles. The second kappa shape index (κ2) is 6.96. The first-order valence-corrected chi connectivity index (χ1v) is 8.54. The molecule has 2 aromatic heterocycles. The topological polar surface area (TPSA) is 113 Å². The molecule has 0 aliphatic carbocycles. The van der Waals surface area contributed by atoms with Crippen LogP contribution in [0.25, 0.3) is 0 Å². The van der Waals surface area contributed by atoms with Gasteiger partial charge in [0.05, 0.1) is 6.54 Å². The molecule has 2 rings (SSSR count). The summed E-state index contributed by atoms with van der Waals surface area (Å²) in [5.74, 6) is 0.759. The van der Waals surface area contributed by atoms with E-state index in [0.29, 0.717) is 22.7 Å². The maximum atomic E-state index is 12.4. The Hall–Kier alpha value is -1.52. The van der Waals surface area contributed by atoms with E-state index >= 15 is 0 Å². The molecule has 0 aromatic carbocycles. The molecule has 0 aliphatic rings. The highest BCUT2D eigenvalue weighted by molar-refractivity contribution is 9.10. The Morgan fingerprint density at radius 2 is 2.19 bits per heavy atom. The van der Waals surface area contributed by atoms with Crippen LogP contribution >= 0.6 is 15.9 Å². The minimum absolute atomic E-state index is 0.0298.